The lowest BCUT2D eigenvalue weighted by atomic mass is 10.0. The van der Waals surface area contributed by atoms with E-state index >= 15 is 0 Å². The molecule has 0 spiro atoms. The van der Waals surface area contributed by atoms with E-state index in [0.29, 0.717) is 11.1 Å². The van der Waals surface area contributed by atoms with Gasteiger partial charge in [-0.15, -0.1) is 0 Å². The monoisotopic (exact) mass is 355 g/mol. The molecule has 136 valence electrons. The van der Waals surface area contributed by atoms with Crippen molar-refractivity contribution in [2.45, 2.75) is 18.9 Å². The van der Waals surface area contributed by atoms with Gasteiger partial charge in [0, 0.05) is 17.2 Å². The highest BCUT2D eigenvalue weighted by molar-refractivity contribution is 6.12. The highest BCUT2D eigenvalue weighted by Crippen LogP contribution is 2.21. The van der Waals surface area contributed by atoms with E-state index in [9.17, 15) is 8.78 Å². The molecule has 0 unspecified atom stereocenters. The van der Waals surface area contributed by atoms with E-state index in [1.165, 1.54) is 43.2 Å². The van der Waals surface area contributed by atoms with Gasteiger partial charge in [-0.3, -0.25) is 0 Å². The van der Waals surface area contributed by atoms with Crippen molar-refractivity contribution in [2.24, 2.45) is 0 Å². The zero-order valence-corrected chi connectivity index (χ0v) is 14.7. The van der Waals surface area contributed by atoms with Crippen LogP contribution in [0.4, 0.5) is 14.5 Å². The number of allylic oxidation sites excluding steroid dienone is 1. The van der Waals surface area contributed by atoms with Gasteiger partial charge in [0.25, 0.3) is 0 Å². The summed E-state index contributed by atoms with van der Waals surface area (Å²) in [6.07, 6.45) is 7.11. The number of benzene rings is 2. The van der Waals surface area contributed by atoms with Gasteiger partial charge in [-0.05, 0) is 55.8 Å². The molecule has 2 aromatic rings. The first-order chi connectivity index (χ1) is 12.5. The van der Waals surface area contributed by atoms with Crippen molar-refractivity contribution in [3.05, 3.63) is 77.4 Å². The summed E-state index contributed by atoms with van der Waals surface area (Å²) in [6, 6.07) is 9.89. The first-order valence-electron chi connectivity index (χ1n) is 8.36. The molecule has 0 radical (unpaired) electrons. The average Bonchev–Trinajstić information content (AvgIpc) is 3.48. The van der Waals surface area contributed by atoms with E-state index in [4.69, 9.17) is 11.1 Å². The van der Waals surface area contributed by atoms with E-state index in [2.05, 4.69) is 11.9 Å². The number of hydrogen-bond donors (Lipinski definition) is 3. The second-order valence-electron chi connectivity index (χ2n) is 6.00. The summed E-state index contributed by atoms with van der Waals surface area (Å²) in [5.41, 5.74) is 6.66. The zero-order valence-electron chi connectivity index (χ0n) is 14.7. The molecular weight excluding hydrogens is 332 g/mol. The third kappa shape index (κ3) is 5.36. The van der Waals surface area contributed by atoms with Crippen LogP contribution in [0, 0.1) is 17.0 Å². The summed E-state index contributed by atoms with van der Waals surface area (Å²) >= 11 is 0. The molecule has 1 aliphatic rings. The molecule has 1 aliphatic carbocycles. The van der Waals surface area contributed by atoms with Gasteiger partial charge in [0.1, 0.15) is 11.6 Å². The Labute approximate surface area is 152 Å². The van der Waals surface area contributed by atoms with Crippen LogP contribution in [-0.2, 0) is 0 Å². The Bertz CT molecular complexity index is 824. The molecule has 3 rings (SSSR count). The number of nitrogens with two attached hydrogens (primary N) is 1. The molecule has 0 saturated heterocycles. The van der Waals surface area contributed by atoms with Crippen molar-refractivity contribution in [1.29, 1.82) is 5.41 Å². The van der Waals surface area contributed by atoms with Crippen LogP contribution in [-0.4, -0.2) is 18.8 Å². The number of hydrogen-bond acceptors (Lipinski definition) is 3. The molecule has 5 heteroatoms. The van der Waals surface area contributed by atoms with E-state index in [1.54, 1.807) is 24.3 Å². The van der Waals surface area contributed by atoms with Gasteiger partial charge in [-0.1, -0.05) is 30.9 Å². The summed E-state index contributed by atoms with van der Waals surface area (Å²) in [6.45, 7) is 3.56. The second kappa shape index (κ2) is 9.06. The van der Waals surface area contributed by atoms with Crippen LogP contribution < -0.4 is 11.1 Å². The van der Waals surface area contributed by atoms with Crippen molar-refractivity contribution in [3.8, 4) is 0 Å². The maximum atomic E-state index is 13.7. The second-order valence-corrected chi connectivity index (χ2v) is 6.00. The molecule has 3 nitrogen and oxygen atoms in total. The number of nitrogen functional groups attached to an aromatic ring is 1. The SMILES string of the molecule is C=Cc1cc(F)c(N)c(C(=N)/C=C/c2ccccc2F)c1.CNC1CC1. The Balaban J connectivity index is 0.000000417. The van der Waals surface area contributed by atoms with E-state index < -0.39 is 5.82 Å². The Kier molecular flexibility index (Phi) is 6.81. The lowest BCUT2D eigenvalue weighted by Gasteiger charge is -2.07. The quantitative estimate of drug-likeness (QED) is 0.540. The summed E-state index contributed by atoms with van der Waals surface area (Å²) in [4.78, 5) is 0. The van der Waals surface area contributed by atoms with Crippen LogP contribution in [0.1, 0.15) is 29.5 Å². The van der Waals surface area contributed by atoms with Gasteiger partial charge in [0.05, 0.1) is 11.4 Å². The summed E-state index contributed by atoms with van der Waals surface area (Å²) in [7, 11) is 2.01. The van der Waals surface area contributed by atoms with Crippen molar-refractivity contribution in [1.82, 2.24) is 5.32 Å². The molecule has 4 N–H and O–H groups in total. The molecule has 1 fully saturated rings. The summed E-state index contributed by atoms with van der Waals surface area (Å²) < 4.78 is 27.1. The van der Waals surface area contributed by atoms with Crippen LogP contribution in [0.2, 0.25) is 0 Å². The van der Waals surface area contributed by atoms with Crippen molar-refractivity contribution >= 4 is 23.6 Å². The van der Waals surface area contributed by atoms with Crippen LogP contribution >= 0.6 is 0 Å². The predicted octanol–water partition coefficient (Wildman–Crippen LogP) is 4.64. The van der Waals surface area contributed by atoms with Crippen LogP contribution in [0.15, 0.2) is 49.1 Å². The minimum atomic E-state index is -0.605. The fourth-order valence-electron chi connectivity index (χ4n) is 2.22. The van der Waals surface area contributed by atoms with Gasteiger partial charge >= 0.3 is 0 Å². The lowest BCUT2D eigenvalue weighted by Crippen LogP contribution is -2.06. The number of anilines is 1. The predicted molar refractivity (Wildman–Crippen MR) is 105 cm³/mol. The summed E-state index contributed by atoms with van der Waals surface area (Å²) in [5.74, 6) is -0.994. The van der Waals surface area contributed by atoms with Gasteiger partial charge in [-0.2, -0.15) is 0 Å². The molecule has 0 atom stereocenters. The van der Waals surface area contributed by atoms with E-state index in [1.807, 2.05) is 7.05 Å². The molecule has 0 heterocycles. The van der Waals surface area contributed by atoms with Crippen LogP contribution in [0.25, 0.3) is 12.2 Å². The maximum absolute atomic E-state index is 13.7. The molecular formula is C21H23F2N3. The van der Waals surface area contributed by atoms with Gasteiger partial charge < -0.3 is 16.5 Å². The third-order valence-corrected chi connectivity index (χ3v) is 4.00. The van der Waals surface area contributed by atoms with Gasteiger partial charge in [0.2, 0.25) is 0 Å². The fraction of sp³-hybridized carbons (Fsp3) is 0.190. The van der Waals surface area contributed by atoms with Crippen LogP contribution in [0.5, 0.6) is 0 Å². The highest BCUT2D eigenvalue weighted by atomic mass is 19.1. The molecule has 0 bridgehead atoms. The minimum absolute atomic E-state index is 0.00152. The Morgan fingerprint density at radius 1 is 1.23 bits per heavy atom. The Morgan fingerprint density at radius 3 is 2.46 bits per heavy atom. The van der Waals surface area contributed by atoms with Gasteiger partial charge in [0.15, 0.2) is 0 Å². The fourth-order valence-corrected chi connectivity index (χ4v) is 2.22. The topological polar surface area (TPSA) is 61.9 Å². The Morgan fingerprint density at radius 2 is 1.92 bits per heavy atom. The standard InChI is InChI=1S/C17H14F2N2.C4H9N/c1-2-11-9-13(17(21)15(19)10-11)16(20)8-7-12-5-3-4-6-14(12)18;1-5-4-2-3-4/h2-10,20H,1,21H2;4-5H,2-3H2,1H3/b8-7+,20-16?;. The third-order valence-electron chi connectivity index (χ3n) is 4.00. The molecule has 0 amide bonds. The van der Waals surface area contributed by atoms with E-state index in [0.717, 1.165) is 6.04 Å². The first kappa shape index (κ1) is 19.5. The lowest BCUT2D eigenvalue weighted by molar-refractivity contribution is 0.625. The van der Waals surface area contributed by atoms with Gasteiger partial charge in [-0.25, -0.2) is 8.78 Å². The van der Waals surface area contributed by atoms with Crippen molar-refractivity contribution < 1.29 is 8.78 Å². The first-order valence-corrected chi connectivity index (χ1v) is 8.36. The van der Waals surface area contributed by atoms with Crippen LogP contribution in [0.3, 0.4) is 0 Å². The normalized spacial score (nSPS) is 13.2. The number of rotatable bonds is 5. The maximum Gasteiger partial charge on any atom is 0.147 e. The van der Waals surface area contributed by atoms with E-state index in [-0.39, 0.29) is 22.8 Å². The summed E-state index contributed by atoms with van der Waals surface area (Å²) in [5, 5.41) is 11.1. The zero-order chi connectivity index (χ0) is 19.1. The molecule has 26 heavy (non-hydrogen) atoms. The van der Waals surface area contributed by atoms with Crippen molar-refractivity contribution in [2.75, 3.05) is 12.8 Å². The largest absolute Gasteiger partial charge is 0.396 e. The molecule has 0 aliphatic heterocycles. The highest BCUT2D eigenvalue weighted by Gasteiger charge is 2.17. The minimum Gasteiger partial charge on any atom is -0.396 e. The molecule has 1 saturated carbocycles. The Hall–Kier alpha value is -2.79. The number of nitrogens with one attached hydrogen (secondary N) is 2. The number of halogens is 2. The van der Waals surface area contributed by atoms with Crippen molar-refractivity contribution in [3.63, 3.8) is 0 Å². The molecule has 0 aromatic heterocycles. The molecule has 2 aromatic carbocycles. The average molecular weight is 355 g/mol. The smallest absolute Gasteiger partial charge is 0.147 e.